The van der Waals surface area contributed by atoms with E-state index in [2.05, 4.69) is 0 Å². The number of hydrogen-bond donors (Lipinski definition) is 0. The highest BCUT2D eigenvalue weighted by Crippen LogP contribution is 2.28. The van der Waals surface area contributed by atoms with Crippen LogP contribution >= 0.6 is 0 Å². The highest BCUT2D eigenvalue weighted by molar-refractivity contribution is 5.81. The fourth-order valence-electron chi connectivity index (χ4n) is 3.15. The van der Waals surface area contributed by atoms with Crippen molar-refractivity contribution in [2.45, 2.75) is 31.4 Å². The summed E-state index contributed by atoms with van der Waals surface area (Å²) in [5.41, 5.74) is 0.601. The van der Waals surface area contributed by atoms with Gasteiger partial charge in [-0.15, -0.1) is 0 Å². The molecule has 1 amide bonds. The van der Waals surface area contributed by atoms with Crippen LogP contribution in [0.5, 0.6) is 0 Å². The third-order valence-corrected chi connectivity index (χ3v) is 4.62. The van der Waals surface area contributed by atoms with Crippen LogP contribution in [0.2, 0.25) is 0 Å². The van der Waals surface area contributed by atoms with Crippen molar-refractivity contribution in [2.75, 3.05) is 32.8 Å². The van der Waals surface area contributed by atoms with Crippen molar-refractivity contribution in [1.82, 2.24) is 9.80 Å². The Balaban J connectivity index is 1.57. The van der Waals surface area contributed by atoms with Gasteiger partial charge in [-0.3, -0.25) is 9.69 Å². The Labute approximate surface area is 143 Å². The number of alkyl halides is 2. The molecule has 0 spiro atoms. The van der Waals surface area contributed by atoms with Gasteiger partial charge < -0.3 is 9.64 Å². The molecule has 1 unspecified atom stereocenters. The van der Waals surface area contributed by atoms with E-state index in [-0.39, 0.29) is 31.8 Å². The predicted molar refractivity (Wildman–Crippen MR) is 82.1 cm³/mol. The summed E-state index contributed by atoms with van der Waals surface area (Å²) in [6, 6.07) is 3.70. The minimum Gasteiger partial charge on any atom is -0.366 e. The van der Waals surface area contributed by atoms with E-state index in [0.29, 0.717) is 31.8 Å². The maximum Gasteiger partial charge on any atom is 0.253 e. The van der Waals surface area contributed by atoms with E-state index in [4.69, 9.17) is 4.74 Å². The van der Waals surface area contributed by atoms with E-state index in [1.807, 2.05) is 4.90 Å². The molecule has 2 aliphatic heterocycles. The quantitative estimate of drug-likeness (QED) is 0.777. The molecular formula is C17H20F4N2O2. The molecule has 1 aromatic carbocycles. The summed E-state index contributed by atoms with van der Waals surface area (Å²) in [6.07, 6.45) is -1.38. The Hall–Kier alpha value is -1.67. The van der Waals surface area contributed by atoms with Gasteiger partial charge in [-0.1, -0.05) is 6.07 Å². The minimum atomic E-state index is -2.71. The van der Waals surface area contributed by atoms with Crippen molar-refractivity contribution < 1.29 is 27.1 Å². The molecule has 4 nitrogen and oxygen atoms in total. The molecular weight excluding hydrogens is 340 g/mol. The number of piperidine rings is 1. The van der Waals surface area contributed by atoms with Gasteiger partial charge in [-0.05, 0) is 17.7 Å². The van der Waals surface area contributed by atoms with Crippen LogP contribution < -0.4 is 0 Å². The number of carbonyl (C=O) groups excluding carboxylic acids is 1. The molecule has 0 bridgehead atoms. The molecule has 0 aromatic heterocycles. The molecule has 0 aliphatic carbocycles. The fourth-order valence-corrected chi connectivity index (χ4v) is 3.15. The van der Waals surface area contributed by atoms with Gasteiger partial charge in [0.2, 0.25) is 0 Å². The highest BCUT2D eigenvalue weighted by atomic mass is 19.3. The first kappa shape index (κ1) is 18.1. The second kappa shape index (κ2) is 7.29. The zero-order valence-corrected chi connectivity index (χ0v) is 13.7. The van der Waals surface area contributed by atoms with Crippen molar-refractivity contribution in [3.05, 3.63) is 35.4 Å². The first-order chi connectivity index (χ1) is 11.8. The van der Waals surface area contributed by atoms with Gasteiger partial charge in [0.1, 0.15) is 6.10 Å². The molecule has 8 heteroatoms. The molecule has 2 heterocycles. The largest absolute Gasteiger partial charge is 0.366 e. The summed E-state index contributed by atoms with van der Waals surface area (Å²) in [6.45, 7) is 1.59. The minimum absolute atomic E-state index is 0.0227. The summed E-state index contributed by atoms with van der Waals surface area (Å²) < 4.78 is 58.2. The fraction of sp³-hybridized carbons (Fsp3) is 0.588. The Bertz CT molecular complexity index is 631. The van der Waals surface area contributed by atoms with Crippen LogP contribution in [0.15, 0.2) is 18.2 Å². The number of halogens is 4. The number of benzene rings is 1. The van der Waals surface area contributed by atoms with Crippen LogP contribution in [-0.2, 0) is 16.1 Å². The first-order valence-electron chi connectivity index (χ1n) is 8.28. The number of amides is 1. The van der Waals surface area contributed by atoms with Crippen LogP contribution in [0, 0.1) is 11.6 Å². The Morgan fingerprint density at radius 2 is 1.88 bits per heavy atom. The van der Waals surface area contributed by atoms with Gasteiger partial charge in [0.15, 0.2) is 11.6 Å². The van der Waals surface area contributed by atoms with Gasteiger partial charge in [0.25, 0.3) is 11.8 Å². The maximum absolute atomic E-state index is 13.3. The van der Waals surface area contributed by atoms with Crippen LogP contribution in [-0.4, -0.2) is 60.5 Å². The number of ether oxygens (including phenoxy) is 1. The Kier molecular flexibility index (Phi) is 5.29. The maximum atomic E-state index is 13.3. The normalized spacial score (nSPS) is 24.3. The van der Waals surface area contributed by atoms with E-state index in [9.17, 15) is 22.4 Å². The Morgan fingerprint density at radius 1 is 1.16 bits per heavy atom. The van der Waals surface area contributed by atoms with Gasteiger partial charge >= 0.3 is 0 Å². The number of hydrogen-bond acceptors (Lipinski definition) is 3. The first-order valence-corrected chi connectivity index (χ1v) is 8.28. The van der Waals surface area contributed by atoms with Crippen LogP contribution in [0.3, 0.4) is 0 Å². The van der Waals surface area contributed by atoms with E-state index in [1.54, 1.807) is 0 Å². The molecule has 2 fully saturated rings. The van der Waals surface area contributed by atoms with Crippen molar-refractivity contribution in [2.24, 2.45) is 0 Å². The SMILES string of the molecule is O=C(C1CN(Cc2ccc(F)c(F)c2)CCO1)N1CCC(F)(F)CC1. The Morgan fingerprint density at radius 3 is 2.56 bits per heavy atom. The number of rotatable bonds is 3. The summed E-state index contributed by atoms with van der Waals surface area (Å²) in [5.74, 6) is -4.80. The molecule has 0 saturated carbocycles. The van der Waals surface area contributed by atoms with Gasteiger partial charge in [-0.25, -0.2) is 17.6 Å². The third kappa shape index (κ3) is 4.49. The van der Waals surface area contributed by atoms with E-state index in [0.717, 1.165) is 12.1 Å². The summed E-state index contributed by atoms with van der Waals surface area (Å²) in [4.78, 5) is 15.8. The van der Waals surface area contributed by atoms with Crippen molar-refractivity contribution in [3.8, 4) is 0 Å². The molecule has 0 radical (unpaired) electrons. The van der Waals surface area contributed by atoms with Crippen LogP contribution in [0.25, 0.3) is 0 Å². The van der Waals surface area contributed by atoms with Gasteiger partial charge in [-0.2, -0.15) is 0 Å². The molecule has 2 saturated heterocycles. The smallest absolute Gasteiger partial charge is 0.253 e. The average Bonchev–Trinajstić information content (AvgIpc) is 2.58. The predicted octanol–water partition coefficient (Wildman–Crippen LogP) is 2.42. The number of carbonyl (C=O) groups is 1. The lowest BCUT2D eigenvalue weighted by atomic mass is 10.1. The molecule has 3 rings (SSSR count). The van der Waals surface area contributed by atoms with E-state index >= 15 is 0 Å². The van der Waals surface area contributed by atoms with E-state index < -0.39 is 23.7 Å². The lowest BCUT2D eigenvalue weighted by Crippen LogP contribution is -2.53. The van der Waals surface area contributed by atoms with Crippen LogP contribution in [0.4, 0.5) is 17.6 Å². The third-order valence-electron chi connectivity index (χ3n) is 4.62. The monoisotopic (exact) mass is 360 g/mol. The summed E-state index contributed by atoms with van der Waals surface area (Å²) in [7, 11) is 0. The number of likely N-dealkylation sites (tertiary alicyclic amines) is 1. The van der Waals surface area contributed by atoms with Crippen LogP contribution in [0.1, 0.15) is 18.4 Å². The molecule has 25 heavy (non-hydrogen) atoms. The van der Waals surface area contributed by atoms with Crippen molar-refractivity contribution in [3.63, 3.8) is 0 Å². The molecule has 1 atom stereocenters. The lowest BCUT2D eigenvalue weighted by Gasteiger charge is -2.37. The lowest BCUT2D eigenvalue weighted by molar-refractivity contribution is -0.155. The van der Waals surface area contributed by atoms with Gasteiger partial charge in [0, 0.05) is 45.6 Å². The topological polar surface area (TPSA) is 32.8 Å². The number of morpholine rings is 1. The molecule has 1 aromatic rings. The summed E-state index contributed by atoms with van der Waals surface area (Å²) in [5, 5.41) is 0. The highest BCUT2D eigenvalue weighted by Gasteiger charge is 2.38. The number of nitrogens with zero attached hydrogens (tertiary/aromatic N) is 2. The van der Waals surface area contributed by atoms with E-state index in [1.165, 1.54) is 11.0 Å². The molecule has 0 N–H and O–H groups in total. The van der Waals surface area contributed by atoms with Crippen molar-refractivity contribution in [1.29, 1.82) is 0 Å². The zero-order valence-electron chi connectivity index (χ0n) is 13.7. The average molecular weight is 360 g/mol. The molecule has 138 valence electrons. The van der Waals surface area contributed by atoms with Crippen molar-refractivity contribution >= 4 is 5.91 Å². The molecule has 2 aliphatic rings. The summed E-state index contributed by atoms with van der Waals surface area (Å²) >= 11 is 0. The second-order valence-corrected chi connectivity index (χ2v) is 6.52. The second-order valence-electron chi connectivity index (χ2n) is 6.52. The zero-order chi connectivity index (χ0) is 18.0. The standard InChI is InChI=1S/C17H20F4N2O2/c18-13-2-1-12(9-14(13)19)10-22-7-8-25-15(11-22)16(24)23-5-3-17(20,21)4-6-23/h1-2,9,15H,3-8,10-11H2. The van der Waals surface area contributed by atoms with Gasteiger partial charge in [0.05, 0.1) is 6.61 Å².